The van der Waals surface area contributed by atoms with Gasteiger partial charge in [0.05, 0.1) is 17.2 Å². The van der Waals surface area contributed by atoms with Crippen molar-refractivity contribution < 1.29 is 27.2 Å². The number of carbonyl (C=O) groups is 2. The first-order chi connectivity index (χ1) is 15.1. The number of rotatable bonds is 2. The highest BCUT2D eigenvalue weighted by Gasteiger charge is 2.39. The van der Waals surface area contributed by atoms with Crippen molar-refractivity contribution in [3.63, 3.8) is 0 Å². The fraction of sp³-hybridized carbons (Fsp3) is 0.167. The Hall–Kier alpha value is -3.68. The number of amides is 2. The van der Waals surface area contributed by atoms with Gasteiger partial charge in [-0.3, -0.25) is 9.59 Å². The van der Waals surface area contributed by atoms with Gasteiger partial charge >= 0.3 is 6.18 Å². The number of fused-ring (bicyclic) bond motifs is 1. The SMILES string of the molecule is Cc1ccc2c(c1)C(c1ccc(F)cc1)N(C(=O)c1ccccc1C(F)(F)F)CC(=O)N2. The predicted molar refractivity (Wildman–Crippen MR) is 111 cm³/mol. The molecule has 1 aliphatic heterocycles. The van der Waals surface area contributed by atoms with Gasteiger partial charge in [-0.05, 0) is 42.8 Å². The van der Waals surface area contributed by atoms with E-state index in [4.69, 9.17) is 0 Å². The standard InChI is InChI=1S/C24H18F4N2O2/c1-14-6-11-20-18(12-14)22(15-7-9-16(25)10-8-15)30(13-21(31)29-20)23(32)17-4-2-3-5-19(17)24(26,27)28/h2-12,22H,13H2,1H3,(H,29,31). The van der Waals surface area contributed by atoms with E-state index in [2.05, 4.69) is 5.32 Å². The molecular formula is C24H18F4N2O2. The minimum absolute atomic E-state index is 0.439. The molecule has 8 heteroatoms. The zero-order chi connectivity index (χ0) is 23.0. The van der Waals surface area contributed by atoms with Crippen LogP contribution in [0, 0.1) is 12.7 Å². The van der Waals surface area contributed by atoms with E-state index in [0.29, 0.717) is 16.8 Å². The van der Waals surface area contributed by atoms with Gasteiger partial charge in [-0.25, -0.2) is 4.39 Å². The molecule has 1 atom stereocenters. The monoisotopic (exact) mass is 442 g/mol. The molecule has 3 aromatic rings. The zero-order valence-electron chi connectivity index (χ0n) is 16.9. The number of benzene rings is 3. The molecular weight excluding hydrogens is 424 g/mol. The van der Waals surface area contributed by atoms with Crippen LogP contribution in [0.3, 0.4) is 0 Å². The Balaban J connectivity index is 1.92. The third-order valence-corrected chi connectivity index (χ3v) is 5.31. The van der Waals surface area contributed by atoms with Gasteiger partial charge in [0.15, 0.2) is 0 Å². The van der Waals surface area contributed by atoms with E-state index in [1.807, 2.05) is 6.92 Å². The number of nitrogens with zero attached hydrogens (tertiary/aromatic N) is 1. The molecule has 4 rings (SSSR count). The molecule has 0 saturated heterocycles. The summed E-state index contributed by atoms with van der Waals surface area (Å²) in [5.41, 5.74) is 0.616. The Labute approximate surface area is 181 Å². The lowest BCUT2D eigenvalue weighted by Gasteiger charge is -2.31. The smallest absolute Gasteiger partial charge is 0.324 e. The fourth-order valence-corrected chi connectivity index (χ4v) is 3.89. The zero-order valence-corrected chi connectivity index (χ0v) is 16.9. The summed E-state index contributed by atoms with van der Waals surface area (Å²) in [6, 6.07) is 14.1. The number of hydrogen-bond donors (Lipinski definition) is 1. The Morgan fingerprint density at radius 3 is 2.41 bits per heavy atom. The third-order valence-electron chi connectivity index (χ3n) is 5.31. The lowest BCUT2D eigenvalue weighted by molar-refractivity contribution is -0.138. The largest absolute Gasteiger partial charge is 0.417 e. The van der Waals surface area contributed by atoms with E-state index in [0.717, 1.165) is 22.6 Å². The molecule has 4 nitrogen and oxygen atoms in total. The number of halogens is 4. The average Bonchev–Trinajstić information content (AvgIpc) is 2.89. The van der Waals surface area contributed by atoms with E-state index in [9.17, 15) is 27.2 Å². The van der Waals surface area contributed by atoms with Crippen LogP contribution in [0.5, 0.6) is 0 Å². The van der Waals surface area contributed by atoms with Crippen LogP contribution in [-0.2, 0) is 11.0 Å². The molecule has 0 aliphatic carbocycles. The topological polar surface area (TPSA) is 49.4 Å². The van der Waals surface area contributed by atoms with E-state index in [-0.39, 0.29) is 0 Å². The number of aryl methyl sites for hydroxylation is 1. The van der Waals surface area contributed by atoms with Gasteiger partial charge in [0.25, 0.3) is 5.91 Å². The molecule has 164 valence electrons. The van der Waals surface area contributed by atoms with E-state index in [1.54, 1.807) is 18.2 Å². The van der Waals surface area contributed by atoms with E-state index < -0.39 is 47.5 Å². The summed E-state index contributed by atoms with van der Waals surface area (Å²) in [4.78, 5) is 27.2. The Morgan fingerprint density at radius 1 is 1.03 bits per heavy atom. The van der Waals surface area contributed by atoms with Crippen molar-refractivity contribution in [2.45, 2.75) is 19.1 Å². The van der Waals surface area contributed by atoms with Gasteiger partial charge in [0, 0.05) is 11.3 Å². The molecule has 0 bridgehead atoms. The molecule has 0 aromatic heterocycles. The summed E-state index contributed by atoms with van der Waals surface area (Å²) in [7, 11) is 0. The molecule has 0 radical (unpaired) electrons. The molecule has 3 aromatic carbocycles. The molecule has 0 fully saturated rings. The highest BCUT2D eigenvalue weighted by molar-refractivity contribution is 6.02. The maximum Gasteiger partial charge on any atom is 0.417 e. The van der Waals surface area contributed by atoms with Crippen LogP contribution < -0.4 is 5.32 Å². The summed E-state index contributed by atoms with van der Waals surface area (Å²) in [5, 5.41) is 2.71. The maximum atomic E-state index is 13.6. The van der Waals surface area contributed by atoms with Gasteiger partial charge < -0.3 is 10.2 Å². The average molecular weight is 442 g/mol. The van der Waals surface area contributed by atoms with Crippen molar-refractivity contribution in [3.05, 3.63) is 100 Å². The number of alkyl halides is 3. The number of carbonyl (C=O) groups excluding carboxylic acids is 2. The van der Waals surface area contributed by atoms with Gasteiger partial charge in [0.1, 0.15) is 12.4 Å². The Morgan fingerprint density at radius 2 is 1.72 bits per heavy atom. The van der Waals surface area contributed by atoms with Crippen LogP contribution in [0.2, 0.25) is 0 Å². The summed E-state index contributed by atoms with van der Waals surface area (Å²) in [6.07, 6.45) is -4.75. The van der Waals surface area contributed by atoms with Crippen molar-refractivity contribution in [1.82, 2.24) is 4.90 Å². The minimum Gasteiger partial charge on any atom is -0.324 e. The Bertz CT molecular complexity index is 1190. The second kappa shape index (κ2) is 8.11. The van der Waals surface area contributed by atoms with Crippen LogP contribution >= 0.6 is 0 Å². The van der Waals surface area contributed by atoms with Crippen LogP contribution in [0.25, 0.3) is 0 Å². The fourth-order valence-electron chi connectivity index (χ4n) is 3.89. The highest BCUT2D eigenvalue weighted by Crippen LogP contribution is 2.39. The van der Waals surface area contributed by atoms with Crippen LogP contribution in [0.4, 0.5) is 23.2 Å². The number of nitrogens with one attached hydrogen (secondary N) is 1. The number of hydrogen-bond acceptors (Lipinski definition) is 2. The Kier molecular flexibility index (Phi) is 5.46. The van der Waals surface area contributed by atoms with Crippen LogP contribution in [-0.4, -0.2) is 23.3 Å². The second-order valence-corrected chi connectivity index (χ2v) is 7.57. The molecule has 1 unspecified atom stereocenters. The molecule has 2 amide bonds. The summed E-state index contributed by atoms with van der Waals surface area (Å²) < 4.78 is 54.4. The van der Waals surface area contributed by atoms with Crippen molar-refractivity contribution in [1.29, 1.82) is 0 Å². The number of anilines is 1. The lowest BCUT2D eigenvalue weighted by atomic mass is 9.93. The van der Waals surface area contributed by atoms with Crippen molar-refractivity contribution in [2.24, 2.45) is 0 Å². The van der Waals surface area contributed by atoms with Crippen molar-refractivity contribution in [2.75, 3.05) is 11.9 Å². The van der Waals surface area contributed by atoms with Gasteiger partial charge in [-0.15, -0.1) is 0 Å². The normalized spacial score (nSPS) is 16.2. The van der Waals surface area contributed by atoms with E-state index >= 15 is 0 Å². The molecule has 0 saturated carbocycles. The van der Waals surface area contributed by atoms with Crippen LogP contribution in [0.1, 0.15) is 38.7 Å². The second-order valence-electron chi connectivity index (χ2n) is 7.57. The van der Waals surface area contributed by atoms with Crippen molar-refractivity contribution in [3.8, 4) is 0 Å². The van der Waals surface area contributed by atoms with Gasteiger partial charge in [-0.2, -0.15) is 13.2 Å². The lowest BCUT2D eigenvalue weighted by Crippen LogP contribution is -2.39. The van der Waals surface area contributed by atoms with Crippen molar-refractivity contribution >= 4 is 17.5 Å². The van der Waals surface area contributed by atoms with Gasteiger partial charge in [0.2, 0.25) is 5.91 Å². The van der Waals surface area contributed by atoms with Gasteiger partial charge in [-0.1, -0.05) is 42.0 Å². The van der Waals surface area contributed by atoms with E-state index in [1.165, 1.54) is 36.4 Å². The molecule has 1 heterocycles. The highest BCUT2D eigenvalue weighted by atomic mass is 19.4. The molecule has 32 heavy (non-hydrogen) atoms. The molecule has 1 aliphatic rings. The first kappa shape index (κ1) is 21.5. The summed E-state index contributed by atoms with van der Waals surface area (Å²) >= 11 is 0. The third kappa shape index (κ3) is 4.08. The predicted octanol–water partition coefficient (Wildman–Crippen LogP) is 5.34. The molecule has 0 spiro atoms. The summed E-state index contributed by atoms with van der Waals surface area (Å²) in [5.74, 6) is -1.99. The maximum absolute atomic E-state index is 13.6. The first-order valence-corrected chi connectivity index (χ1v) is 9.78. The van der Waals surface area contributed by atoms with Crippen LogP contribution in [0.15, 0.2) is 66.7 Å². The quantitative estimate of drug-likeness (QED) is 0.545. The molecule has 1 N–H and O–H groups in total. The summed E-state index contributed by atoms with van der Waals surface area (Å²) in [6.45, 7) is 1.35. The minimum atomic E-state index is -4.75. The first-order valence-electron chi connectivity index (χ1n) is 9.78.